The standard InChI is InChI=1S/C13H17NO5/c1-8-13(18,5-6-19-8)7-14-12(17)9-3-2-4-10(15)11(9)16/h2-4,8,15-16,18H,5-7H2,1H3,(H,14,17). The topological polar surface area (TPSA) is 99.0 Å². The number of para-hydroxylation sites is 1. The van der Waals surface area contributed by atoms with Crippen LogP contribution >= 0.6 is 0 Å². The zero-order chi connectivity index (χ0) is 14.0. The number of amides is 1. The average molecular weight is 267 g/mol. The minimum absolute atomic E-state index is 0.0299. The van der Waals surface area contributed by atoms with Crippen LogP contribution in [0.4, 0.5) is 0 Å². The summed E-state index contributed by atoms with van der Waals surface area (Å²) in [6.45, 7) is 2.22. The van der Waals surface area contributed by atoms with Crippen molar-refractivity contribution in [3.8, 4) is 11.5 Å². The third-order valence-electron chi connectivity index (χ3n) is 3.47. The summed E-state index contributed by atoms with van der Waals surface area (Å²) in [6, 6.07) is 4.13. The number of phenolic OH excluding ortho intramolecular Hbond substituents is 2. The number of aliphatic hydroxyl groups is 1. The van der Waals surface area contributed by atoms with Gasteiger partial charge in [0.25, 0.3) is 5.91 Å². The molecule has 2 atom stereocenters. The molecule has 2 rings (SSSR count). The van der Waals surface area contributed by atoms with Crippen LogP contribution in [0, 0.1) is 0 Å². The summed E-state index contributed by atoms with van der Waals surface area (Å²) in [5.41, 5.74) is -1.13. The molecule has 19 heavy (non-hydrogen) atoms. The molecule has 0 aromatic heterocycles. The van der Waals surface area contributed by atoms with Crippen molar-refractivity contribution in [3.63, 3.8) is 0 Å². The largest absolute Gasteiger partial charge is 0.504 e. The Bertz CT molecular complexity index is 490. The number of hydrogen-bond acceptors (Lipinski definition) is 5. The van der Waals surface area contributed by atoms with E-state index in [1.54, 1.807) is 6.92 Å². The molecule has 0 bridgehead atoms. The number of phenols is 2. The molecule has 1 fully saturated rings. The molecular formula is C13H17NO5. The number of nitrogens with one attached hydrogen (secondary N) is 1. The Hall–Kier alpha value is -1.79. The predicted molar refractivity (Wildman–Crippen MR) is 67.1 cm³/mol. The first-order chi connectivity index (χ1) is 8.94. The lowest BCUT2D eigenvalue weighted by molar-refractivity contribution is -0.0251. The van der Waals surface area contributed by atoms with Crippen molar-refractivity contribution in [1.82, 2.24) is 5.32 Å². The minimum atomic E-state index is -1.10. The second-order valence-corrected chi connectivity index (χ2v) is 4.72. The SMILES string of the molecule is CC1OCCC1(O)CNC(=O)c1cccc(O)c1O. The summed E-state index contributed by atoms with van der Waals surface area (Å²) in [4.78, 5) is 11.9. The smallest absolute Gasteiger partial charge is 0.255 e. The lowest BCUT2D eigenvalue weighted by atomic mass is 9.96. The molecule has 4 N–H and O–H groups in total. The van der Waals surface area contributed by atoms with Gasteiger partial charge in [0.2, 0.25) is 0 Å². The molecule has 1 saturated heterocycles. The first-order valence-corrected chi connectivity index (χ1v) is 6.07. The Morgan fingerprint density at radius 3 is 2.89 bits per heavy atom. The molecular weight excluding hydrogens is 250 g/mol. The molecule has 0 aliphatic carbocycles. The number of carbonyl (C=O) groups excluding carboxylic acids is 1. The summed E-state index contributed by atoms with van der Waals surface area (Å²) in [5.74, 6) is -1.38. The lowest BCUT2D eigenvalue weighted by Crippen LogP contribution is -2.47. The van der Waals surface area contributed by atoms with Crippen LogP contribution in [0.3, 0.4) is 0 Å². The number of carbonyl (C=O) groups is 1. The highest BCUT2D eigenvalue weighted by molar-refractivity contribution is 5.97. The molecule has 104 valence electrons. The third kappa shape index (κ3) is 2.64. The Morgan fingerprint density at radius 2 is 2.26 bits per heavy atom. The van der Waals surface area contributed by atoms with Gasteiger partial charge in [-0.2, -0.15) is 0 Å². The zero-order valence-electron chi connectivity index (χ0n) is 10.6. The van der Waals surface area contributed by atoms with E-state index >= 15 is 0 Å². The molecule has 2 unspecified atom stereocenters. The van der Waals surface area contributed by atoms with Gasteiger partial charge in [-0.3, -0.25) is 4.79 Å². The van der Waals surface area contributed by atoms with E-state index in [9.17, 15) is 20.1 Å². The lowest BCUT2D eigenvalue weighted by Gasteiger charge is -2.26. The Balaban J connectivity index is 2.04. The van der Waals surface area contributed by atoms with Gasteiger partial charge >= 0.3 is 0 Å². The predicted octanol–water partition coefficient (Wildman–Crippen LogP) is 0.367. The van der Waals surface area contributed by atoms with Gasteiger partial charge in [-0.15, -0.1) is 0 Å². The van der Waals surface area contributed by atoms with E-state index in [1.165, 1.54) is 18.2 Å². The van der Waals surface area contributed by atoms with E-state index in [-0.39, 0.29) is 24.0 Å². The van der Waals surface area contributed by atoms with Gasteiger partial charge in [0.1, 0.15) is 5.60 Å². The van der Waals surface area contributed by atoms with Gasteiger partial charge in [-0.25, -0.2) is 0 Å². The van der Waals surface area contributed by atoms with Crippen molar-refractivity contribution in [3.05, 3.63) is 23.8 Å². The molecule has 1 aliphatic heterocycles. The molecule has 1 heterocycles. The zero-order valence-corrected chi connectivity index (χ0v) is 10.6. The summed E-state index contributed by atoms with van der Waals surface area (Å²) in [6.07, 6.45) is 0.0890. The second kappa shape index (κ2) is 5.07. The molecule has 1 aromatic carbocycles. The molecule has 1 amide bonds. The summed E-state index contributed by atoms with van der Waals surface area (Å²) >= 11 is 0. The number of hydrogen-bond donors (Lipinski definition) is 4. The molecule has 0 radical (unpaired) electrons. The van der Waals surface area contributed by atoms with Crippen LogP contribution in [0.25, 0.3) is 0 Å². The third-order valence-corrected chi connectivity index (χ3v) is 3.47. The highest BCUT2D eigenvalue weighted by Crippen LogP contribution is 2.29. The van der Waals surface area contributed by atoms with Crippen molar-refractivity contribution < 1.29 is 24.9 Å². The van der Waals surface area contributed by atoms with Gasteiger partial charge in [0.05, 0.1) is 11.7 Å². The first kappa shape index (κ1) is 13.6. The second-order valence-electron chi connectivity index (χ2n) is 4.72. The van der Waals surface area contributed by atoms with Crippen LogP contribution in [-0.2, 0) is 4.74 Å². The minimum Gasteiger partial charge on any atom is -0.504 e. The van der Waals surface area contributed by atoms with E-state index < -0.39 is 17.3 Å². The Morgan fingerprint density at radius 1 is 1.53 bits per heavy atom. The van der Waals surface area contributed by atoms with Crippen LogP contribution < -0.4 is 5.32 Å². The maximum atomic E-state index is 11.9. The van der Waals surface area contributed by atoms with E-state index in [0.717, 1.165) is 0 Å². The number of ether oxygens (including phenoxy) is 1. The van der Waals surface area contributed by atoms with Crippen LogP contribution in [0.2, 0.25) is 0 Å². The molecule has 0 spiro atoms. The highest BCUT2D eigenvalue weighted by Gasteiger charge is 2.39. The van der Waals surface area contributed by atoms with Crippen molar-refractivity contribution in [2.75, 3.05) is 13.2 Å². The van der Waals surface area contributed by atoms with Crippen molar-refractivity contribution in [1.29, 1.82) is 0 Å². The highest BCUT2D eigenvalue weighted by atomic mass is 16.5. The van der Waals surface area contributed by atoms with Crippen LogP contribution in [0.1, 0.15) is 23.7 Å². The van der Waals surface area contributed by atoms with E-state index in [2.05, 4.69) is 5.32 Å². The Labute approximate surface area is 110 Å². The van der Waals surface area contributed by atoms with Gasteiger partial charge < -0.3 is 25.4 Å². The number of benzene rings is 1. The average Bonchev–Trinajstić information content (AvgIpc) is 2.71. The molecule has 6 nitrogen and oxygen atoms in total. The van der Waals surface area contributed by atoms with Gasteiger partial charge in [0.15, 0.2) is 11.5 Å². The van der Waals surface area contributed by atoms with Gasteiger partial charge in [-0.1, -0.05) is 6.07 Å². The van der Waals surface area contributed by atoms with Crippen molar-refractivity contribution in [2.45, 2.75) is 25.0 Å². The van der Waals surface area contributed by atoms with Crippen LogP contribution in [-0.4, -0.2) is 46.1 Å². The maximum absolute atomic E-state index is 11.9. The fourth-order valence-corrected chi connectivity index (χ4v) is 2.05. The van der Waals surface area contributed by atoms with E-state index in [4.69, 9.17) is 4.74 Å². The van der Waals surface area contributed by atoms with Crippen LogP contribution in [0.5, 0.6) is 11.5 Å². The fourth-order valence-electron chi connectivity index (χ4n) is 2.05. The normalized spacial score (nSPS) is 26.3. The summed E-state index contributed by atoms with van der Waals surface area (Å²) in [7, 11) is 0. The summed E-state index contributed by atoms with van der Waals surface area (Å²) in [5, 5.41) is 31.7. The first-order valence-electron chi connectivity index (χ1n) is 6.07. The van der Waals surface area contributed by atoms with Gasteiger partial charge in [0, 0.05) is 19.6 Å². The van der Waals surface area contributed by atoms with Crippen molar-refractivity contribution in [2.24, 2.45) is 0 Å². The van der Waals surface area contributed by atoms with Gasteiger partial charge in [-0.05, 0) is 19.1 Å². The molecule has 1 aromatic rings. The van der Waals surface area contributed by atoms with E-state index in [0.29, 0.717) is 13.0 Å². The van der Waals surface area contributed by atoms with Crippen LogP contribution in [0.15, 0.2) is 18.2 Å². The fraction of sp³-hybridized carbons (Fsp3) is 0.462. The number of rotatable bonds is 3. The Kier molecular flexibility index (Phi) is 3.64. The number of aromatic hydroxyl groups is 2. The molecule has 6 heteroatoms. The maximum Gasteiger partial charge on any atom is 0.255 e. The monoisotopic (exact) mass is 267 g/mol. The van der Waals surface area contributed by atoms with Crippen molar-refractivity contribution >= 4 is 5.91 Å². The summed E-state index contributed by atoms with van der Waals surface area (Å²) < 4.78 is 5.26. The molecule has 1 aliphatic rings. The molecule has 0 saturated carbocycles. The van der Waals surface area contributed by atoms with E-state index in [1.807, 2.05) is 0 Å². The quantitative estimate of drug-likeness (QED) is 0.593.